The fraction of sp³-hybridized carbons (Fsp3) is 1.00. The number of alkyl halides is 1. The van der Waals surface area contributed by atoms with Crippen LogP contribution in [0, 0.1) is 5.41 Å². The molecule has 0 aliphatic carbocycles. The first kappa shape index (κ1) is 12.2. The van der Waals surface area contributed by atoms with Crippen LogP contribution in [-0.2, 0) is 10.2 Å². The molecule has 14 heavy (non-hydrogen) atoms. The lowest BCUT2D eigenvalue weighted by Crippen LogP contribution is -2.39. The van der Waals surface area contributed by atoms with Gasteiger partial charge in [-0.05, 0) is 5.41 Å². The predicted molar refractivity (Wildman–Crippen MR) is 57.6 cm³/mol. The molecule has 1 heterocycles. The number of halogens is 1. The van der Waals surface area contributed by atoms with Gasteiger partial charge in [0, 0.05) is 27.2 Å². The van der Waals surface area contributed by atoms with E-state index in [1.807, 2.05) is 13.8 Å². The minimum Gasteiger partial charge on any atom is -0.195 e. The molecule has 0 bridgehead atoms. The zero-order valence-electron chi connectivity index (χ0n) is 8.99. The maximum Gasteiger partial charge on any atom is 0.281 e. The van der Waals surface area contributed by atoms with E-state index in [4.69, 9.17) is 11.6 Å². The van der Waals surface area contributed by atoms with Gasteiger partial charge < -0.3 is 0 Å². The summed E-state index contributed by atoms with van der Waals surface area (Å²) in [7, 11) is -0.235. The van der Waals surface area contributed by atoms with Crippen LogP contribution >= 0.6 is 11.6 Å². The molecule has 0 amide bonds. The van der Waals surface area contributed by atoms with Crippen molar-refractivity contribution in [2.45, 2.75) is 19.2 Å². The summed E-state index contributed by atoms with van der Waals surface area (Å²) in [6.45, 7) is 4.85. The van der Waals surface area contributed by atoms with E-state index in [-0.39, 0.29) is 10.8 Å². The van der Waals surface area contributed by atoms with E-state index in [1.54, 1.807) is 0 Å². The van der Waals surface area contributed by atoms with Gasteiger partial charge in [0.05, 0.1) is 5.38 Å². The van der Waals surface area contributed by atoms with E-state index >= 15 is 0 Å². The van der Waals surface area contributed by atoms with Crippen LogP contribution in [0.1, 0.15) is 13.8 Å². The molecule has 1 atom stereocenters. The average molecular weight is 241 g/mol. The van der Waals surface area contributed by atoms with Gasteiger partial charge in [0.15, 0.2) is 0 Å². The van der Waals surface area contributed by atoms with Crippen molar-refractivity contribution >= 4 is 21.8 Å². The average Bonchev–Trinajstić information content (AvgIpc) is 2.27. The van der Waals surface area contributed by atoms with E-state index in [0.29, 0.717) is 13.1 Å². The minimum absolute atomic E-state index is 0.114. The third-order valence-electron chi connectivity index (χ3n) is 2.58. The zero-order chi connectivity index (χ0) is 11.1. The van der Waals surface area contributed by atoms with Gasteiger partial charge in [-0.2, -0.15) is 17.0 Å². The molecule has 0 aromatic rings. The molecule has 84 valence electrons. The first-order valence-corrected chi connectivity index (χ1v) is 6.33. The molecule has 0 saturated carbocycles. The highest BCUT2D eigenvalue weighted by Crippen LogP contribution is 2.35. The van der Waals surface area contributed by atoms with E-state index in [1.165, 1.54) is 22.7 Å². The Morgan fingerprint density at radius 1 is 1.43 bits per heavy atom. The summed E-state index contributed by atoms with van der Waals surface area (Å²) in [6, 6.07) is 0. The predicted octanol–water partition coefficient (Wildman–Crippen LogP) is 0.742. The van der Waals surface area contributed by atoms with Crippen LogP contribution in [0.5, 0.6) is 0 Å². The topological polar surface area (TPSA) is 40.6 Å². The molecule has 1 aliphatic rings. The number of nitrogens with zero attached hydrogens (tertiary/aromatic N) is 2. The molecular weight excluding hydrogens is 224 g/mol. The third-order valence-corrected chi connectivity index (χ3v) is 5.17. The molecule has 0 N–H and O–H groups in total. The summed E-state index contributed by atoms with van der Waals surface area (Å²) in [5.74, 6) is 0. The molecular formula is C8H17ClN2O2S. The van der Waals surface area contributed by atoms with Crippen LogP contribution in [-0.4, -0.2) is 49.6 Å². The van der Waals surface area contributed by atoms with Gasteiger partial charge >= 0.3 is 0 Å². The summed E-state index contributed by atoms with van der Waals surface area (Å²) in [5, 5.41) is -0.114. The normalized spacial score (nSPS) is 28.6. The lowest BCUT2D eigenvalue weighted by molar-refractivity contribution is 0.362. The van der Waals surface area contributed by atoms with Gasteiger partial charge in [0.2, 0.25) is 0 Å². The second-order valence-corrected chi connectivity index (χ2v) is 7.21. The molecule has 0 spiro atoms. The van der Waals surface area contributed by atoms with Crippen molar-refractivity contribution in [2.24, 2.45) is 5.41 Å². The quantitative estimate of drug-likeness (QED) is 0.669. The monoisotopic (exact) mass is 240 g/mol. The molecule has 1 unspecified atom stereocenters. The highest BCUT2D eigenvalue weighted by Gasteiger charge is 2.43. The van der Waals surface area contributed by atoms with Gasteiger partial charge in [-0.25, -0.2) is 0 Å². The van der Waals surface area contributed by atoms with Crippen molar-refractivity contribution in [1.29, 1.82) is 0 Å². The molecule has 0 aromatic heterocycles. The van der Waals surface area contributed by atoms with Crippen LogP contribution < -0.4 is 0 Å². The standard InChI is InChI=1S/C8H17ClN2O2S/c1-8(2)6-11(5-7(8)9)14(12,13)10(3)4/h7H,5-6H2,1-4H3. The Hall–Kier alpha value is 0.160. The Kier molecular flexibility index (Phi) is 3.17. The highest BCUT2D eigenvalue weighted by molar-refractivity contribution is 7.86. The maximum atomic E-state index is 11.8. The molecule has 1 aliphatic heterocycles. The molecule has 1 saturated heterocycles. The van der Waals surface area contributed by atoms with Crippen LogP contribution in [0.4, 0.5) is 0 Å². The summed E-state index contributed by atoms with van der Waals surface area (Å²) >= 11 is 6.08. The molecule has 0 aromatic carbocycles. The second-order valence-electron chi connectivity index (χ2n) is 4.54. The van der Waals surface area contributed by atoms with Crippen LogP contribution in [0.3, 0.4) is 0 Å². The van der Waals surface area contributed by atoms with Gasteiger partial charge in [-0.3, -0.25) is 0 Å². The zero-order valence-corrected chi connectivity index (χ0v) is 10.6. The molecule has 0 radical (unpaired) electrons. The third kappa shape index (κ3) is 2.05. The summed E-state index contributed by atoms with van der Waals surface area (Å²) < 4.78 is 26.2. The minimum atomic E-state index is -3.30. The van der Waals surface area contributed by atoms with Crippen molar-refractivity contribution in [3.05, 3.63) is 0 Å². The van der Waals surface area contributed by atoms with Gasteiger partial charge in [-0.15, -0.1) is 11.6 Å². The lowest BCUT2D eigenvalue weighted by Gasteiger charge is -2.22. The van der Waals surface area contributed by atoms with E-state index in [9.17, 15) is 8.42 Å². The Morgan fingerprint density at radius 3 is 2.21 bits per heavy atom. The Balaban J connectivity index is 2.87. The molecule has 1 fully saturated rings. The van der Waals surface area contributed by atoms with E-state index < -0.39 is 10.2 Å². The Morgan fingerprint density at radius 2 is 1.93 bits per heavy atom. The van der Waals surface area contributed by atoms with Crippen LogP contribution in [0.25, 0.3) is 0 Å². The SMILES string of the molecule is CN(C)S(=O)(=O)N1CC(Cl)C(C)(C)C1. The number of hydrogen-bond acceptors (Lipinski definition) is 2. The van der Waals surface area contributed by atoms with Crippen LogP contribution in [0.15, 0.2) is 0 Å². The maximum absolute atomic E-state index is 11.8. The van der Waals surface area contributed by atoms with E-state index in [0.717, 1.165) is 0 Å². The van der Waals surface area contributed by atoms with Crippen molar-refractivity contribution in [3.63, 3.8) is 0 Å². The summed E-state index contributed by atoms with van der Waals surface area (Å²) in [4.78, 5) is 0. The highest BCUT2D eigenvalue weighted by atomic mass is 35.5. The van der Waals surface area contributed by atoms with Gasteiger partial charge in [-0.1, -0.05) is 13.8 Å². The number of rotatable bonds is 2. The fourth-order valence-electron chi connectivity index (χ4n) is 1.45. The Bertz CT molecular complexity index is 313. The molecule has 1 rings (SSSR count). The van der Waals surface area contributed by atoms with E-state index in [2.05, 4.69) is 0 Å². The van der Waals surface area contributed by atoms with Crippen molar-refractivity contribution < 1.29 is 8.42 Å². The van der Waals surface area contributed by atoms with Gasteiger partial charge in [0.25, 0.3) is 10.2 Å². The fourth-order valence-corrected chi connectivity index (χ4v) is 3.06. The van der Waals surface area contributed by atoms with Crippen LogP contribution in [0.2, 0.25) is 0 Å². The van der Waals surface area contributed by atoms with Gasteiger partial charge in [0.1, 0.15) is 0 Å². The largest absolute Gasteiger partial charge is 0.281 e. The second kappa shape index (κ2) is 3.63. The lowest BCUT2D eigenvalue weighted by atomic mass is 9.93. The number of hydrogen-bond donors (Lipinski definition) is 0. The Labute approximate surface area is 91.0 Å². The van der Waals surface area contributed by atoms with Crippen molar-refractivity contribution in [3.8, 4) is 0 Å². The first-order chi connectivity index (χ1) is 6.18. The van der Waals surface area contributed by atoms with Crippen molar-refractivity contribution in [1.82, 2.24) is 8.61 Å². The summed E-state index contributed by atoms with van der Waals surface area (Å²) in [6.07, 6.45) is 0. The molecule has 6 heteroatoms. The summed E-state index contributed by atoms with van der Waals surface area (Å²) in [5.41, 5.74) is -0.148. The smallest absolute Gasteiger partial charge is 0.195 e. The van der Waals surface area contributed by atoms with Crippen molar-refractivity contribution in [2.75, 3.05) is 27.2 Å². The first-order valence-electron chi connectivity index (χ1n) is 4.49. The molecule has 4 nitrogen and oxygen atoms in total.